The predicted octanol–water partition coefficient (Wildman–Crippen LogP) is 4.15. The van der Waals surface area contributed by atoms with Gasteiger partial charge in [-0.05, 0) is 37.1 Å². The number of fused-ring (bicyclic) bond motifs is 1. The first-order valence-electron chi connectivity index (χ1n) is 9.60. The minimum absolute atomic E-state index is 0.305. The van der Waals surface area contributed by atoms with Gasteiger partial charge in [0.05, 0.1) is 24.3 Å². The molecule has 1 fully saturated rings. The third-order valence-electron chi connectivity index (χ3n) is 5.08. The number of piperidine rings is 1. The van der Waals surface area contributed by atoms with Gasteiger partial charge in [-0.15, -0.1) is 0 Å². The Balaban J connectivity index is 1.30. The number of anilines is 1. The Kier molecular flexibility index (Phi) is 5.69. The second-order valence-corrected chi connectivity index (χ2v) is 8.80. The van der Waals surface area contributed by atoms with Gasteiger partial charge in [-0.1, -0.05) is 36.1 Å². The van der Waals surface area contributed by atoms with Crippen molar-refractivity contribution in [2.24, 2.45) is 0 Å². The molecule has 0 saturated carbocycles. The molecule has 0 bridgehead atoms. The third-order valence-corrected chi connectivity index (χ3v) is 6.19. The highest BCUT2D eigenvalue weighted by molar-refractivity contribution is 7.16. The molecule has 1 unspecified atom stereocenters. The van der Waals surface area contributed by atoms with Gasteiger partial charge in [0.2, 0.25) is 0 Å². The minimum Gasteiger partial charge on any atom is -0.389 e. The van der Waals surface area contributed by atoms with Gasteiger partial charge in [-0.25, -0.2) is 4.98 Å². The number of aromatic amines is 1. The number of nitrogens with one attached hydrogen (secondary N) is 3. The Morgan fingerprint density at radius 2 is 2.24 bits per heavy atom. The van der Waals surface area contributed by atoms with Crippen LogP contribution in [0.4, 0.5) is 5.00 Å². The molecule has 0 radical (unpaired) electrons. The Morgan fingerprint density at radius 1 is 1.38 bits per heavy atom. The smallest absolute Gasteiger partial charge is 0.140 e. The Morgan fingerprint density at radius 3 is 3.03 bits per heavy atom. The summed E-state index contributed by atoms with van der Waals surface area (Å²) < 4.78 is 0. The fourth-order valence-corrected chi connectivity index (χ4v) is 4.52. The molecule has 0 amide bonds. The summed E-state index contributed by atoms with van der Waals surface area (Å²) in [7, 11) is 0. The Hall–Kier alpha value is -2.64. The molecule has 3 aromatic rings. The van der Waals surface area contributed by atoms with Gasteiger partial charge in [0.25, 0.3) is 0 Å². The van der Waals surface area contributed by atoms with Crippen LogP contribution < -0.4 is 16.4 Å². The molecule has 29 heavy (non-hydrogen) atoms. The highest BCUT2D eigenvalue weighted by Crippen LogP contribution is 2.27. The number of benzene rings is 1. The van der Waals surface area contributed by atoms with Crippen LogP contribution in [0.15, 0.2) is 49.4 Å². The van der Waals surface area contributed by atoms with E-state index >= 15 is 0 Å². The van der Waals surface area contributed by atoms with E-state index in [1.807, 2.05) is 18.2 Å². The molecule has 152 valence electrons. The highest BCUT2D eigenvalue weighted by Gasteiger charge is 2.22. The summed E-state index contributed by atoms with van der Waals surface area (Å²) in [4.78, 5) is 10.0. The van der Waals surface area contributed by atoms with Gasteiger partial charge in [0, 0.05) is 40.8 Å². The van der Waals surface area contributed by atoms with Crippen LogP contribution in [0.2, 0.25) is 5.02 Å². The first-order valence-corrected chi connectivity index (χ1v) is 10.8. The van der Waals surface area contributed by atoms with Crippen LogP contribution in [0.5, 0.6) is 0 Å². The van der Waals surface area contributed by atoms with Crippen LogP contribution in [-0.2, 0) is 6.54 Å². The highest BCUT2D eigenvalue weighted by atomic mass is 35.5. The molecule has 0 aliphatic carbocycles. The molecule has 6 nitrogen and oxygen atoms in total. The molecule has 2 aromatic heterocycles. The monoisotopic (exact) mass is 428 g/mol. The predicted molar refractivity (Wildman–Crippen MR) is 123 cm³/mol. The minimum atomic E-state index is 0.305. The Labute approximate surface area is 179 Å². The van der Waals surface area contributed by atoms with E-state index in [0.717, 1.165) is 64.1 Å². The molecule has 1 aliphatic rings. The van der Waals surface area contributed by atoms with Gasteiger partial charge in [0.15, 0.2) is 0 Å². The quantitative estimate of drug-likeness (QED) is 0.454. The van der Waals surface area contributed by atoms with Crippen LogP contribution >= 0.6 is 22.9 Å². The maximum Gasteiger partial charge on any atom is 0.140 e. The van der Waals surface area contributed by atoms with Crippen LogP contribution in [0, 0.1) is 0 Å². The molecule has 1 saturated heterocycles. The fourth-order valence-electron chi connectivity index (χ4n) is 3.65. The molecule has 3 heterocycles. The van der Waals surface area contributed by atoms with Crippen molar-refractivity contribution in [2.75, 3.05) is 18.8 Å². The molecule has 5 N–H and O–H groups in total. The summed E-state index contributed by atoms with van der Waals surface area (Å²) >= 11 is 7.54. The second-order valence-electron chi connectivity index (χ2n) is 7.30. The molecular weight excluding hydrogens is 404 g/mol. The number of thiazole rings is 1. The van der Waals surface area contributed by atoms with Crippen molar-refractivity contribution in [1.82, 2.24) is 25.5 Å². The number of aromatic nitrogens is 2. The lowest BCUT2D eigenvalue weighted by atomic mass is 10.1. The van der Waals surface area contributed by atoms with Crippen molar-refractivity contribution in [3.63, 3.8) is 0 Å². The van der Waals surface area contributed by atoms with E-state index in [4.69, 9.17) is 17.3 Å². The first-order chi connectivity index (χ1) is 14.0. The lowest BCUT2D eigenvalue weighted by Gasteiger charge is -2.36. The van der Waals surface area contributed by atoms with Gasteiger partial charge in [-0.3, -0.25) is 0 Å². The van der Waals surface area contributed by atoms with Crippen molar-refractivity contribution in [1.29, 1.82) is 0 Å². The normalized spacial score (nSPS) is 16.7. The number of hydrogen-bond donors (Lipinski definition) is 4. The second kappa shape index (κ2) is 8.39. The first kappa shape index (κ1) is 19.7. The largest absolute Gasteiger partial charge is 0.389 e. The number of nitrogens with zero attached hydrogens (tertiary/aromatic N) is 2. The maximum absolute atomic E-state index is 6.06. The number of likely N-dealkylation sites (tertiary alicyclic amines) is 1. The fraction of sp³-hybridized carbons (Fsp3) is 0.286. The van der Waals surface area contributed by atoms with Crippen LogP contribution in [-0.4, -0.2) is 34.0 Å². The van der Waals surface area contributed by atoms with Crippen molar-refractivity contribution in [3.8, 4) is 0 Å². The lowest BCUT2D eigenvalue weighted by Crippen LogP contribution is -2.46. The van der Waals surface area contributed by atoms with Gasteiger partial charge >= 0.3 is 0 Å². The average molecular weight is 429 g/mol. The van der Waals surface area contributed by atoms with Crippen LogP contribution in [0.25, 0.3) is 16.6 Å². The van der Waals surface area contributed by atoms with E-state index in [9.17, 15) is 0 Å². The standard InChI is InChI=1S/C21H25ClN6S/c1-13(21-25-11-20(23)29-21)28-7-3-4-17(12-28)26-14(2)24-10-18-9-15-8-16(22)5-6-19(15)27-18/h5-6,8-9,11,17,24,26-27H,1-4,7,10,12,23H2. The molecule has 8 heteroatoms. The van der Waals surface area contributed by atoms with E-state index in [0.29, 0.717) is 17.6 Å². The maximum atomic E-state index is 6.06. The van der Waals surface area contributed by atoms with E-state index in [1.165, 1.54) is 11.3 Å². The van der Waals surface area contributed by atoms with Gasteiger partial charge in [-0.2, -0.15) is 0 Å². The molecular formula is C21H25ClN6S. The zero-order valence-electron chi connectivity index (χ0n) is 16.2. The molecule has 4 rings (SSSR count). The third kappa shape index (κ3) is 4.68. The number of hydrogen-bond acceptors (Lipinski definition) is 6. The molecule has 1 aliphatic heterocycles. The van der Waals surface area contributed by atoms with E-state index in [1.54, 1.807) is 6.20 Å². The van der Waals surface area contributed by atoms with Crippen LogP contribution in [0.3, 0.4) is 0 Å². The zero-order chi connectivity index (χ0) is 20.4. The zero-order valence-corrected chi connectivity index (χ0v) is 17.7. The van der Waals surface area contributed by atoms with E-state index in [-0.39, 0.29) is 0 Å². The van der Waals surface area contributed by atoms with Crippen molar-refractivity contribution in [2.45, 2.75) is 25.4 Å². The topological polar surface area (TPSA) is 82.0 Å². The van der Waals surface area contributed by atoms with Crippen molar-refractivity contribution < 1.29 is 0 Å². The summed E-state index contributed by atoms with van der Waals surface area (Å²) in [6.07, 6.45) is 3.87. The summed E-state index contributed by atoms with van der Waals surface area (Å²) in [5.41, 5.74) is 8.91. The number of rotatable bonds is 7. The van der Waals surface area contributed by atoms with E-state index < -0.39 is 0 Å². The van der Waals surface area contributed by atoms with Crippen LogP contribution in [0.1, 0.15) is 23.5 Å². The molecule has 1 atom stereocenters. The Bertz CT molecular complexity index is 1040. The SMILES string of the molecule is C=C(NCc1cc2cc(Cl)ccc2[nH]1)NC1CCCN(C(=C)c2ncc(N)s2)C1. The number of nitrogen functional groups attached to an aromatic ring is 1. The number of nitrogens with two attached hydrogens (primary N) is 1. The number of H-pyrrole nitrogens is 1. The summed E-state index contributed by atoms with van der Waals surface area (Å²) in [6.45, 7) is 10.9. The summed E-state index contributed by atoms with van der Waals surface area (Å²) in [6, 6.07) is 8.26. The average Bonchev–Trinajstić information content (AvgIpc) is 3.31. The summed E-state index contributed by atoms with van der Waals surface area (Å²) in [5, 5.41) is 10.3. The molecule has 1 aromatic carbocycles. The van der Waals surface area contributed by atoms with Crippen molar-refractivity contribution in [3.05, 3.63) is 65.2 Å². The lowest BCUT2D eigenvalue weighted by molar-refractivity contribution is 0.272. The molecule has 0 spiro atoms. The van der Waals surface area contributed by atoms with Gasteiger partial charge in [0.1, 0.15) is 10.0 Å². The number of halogens is 1. The van der Waals surface area contributed by atoms with Gasteiger partial charge < -0.3 is 26.3 Å². The van der Waals surface area contributed by atoms with Crippen molar-refractivity contribution >= 4 is 44.5 Å². The summed E-state index contributed by atoms with van der Waals surface area (Å²) in [5.74, 6) is 0.817. The van der Waals surface area contributed by atoms with E-state index in [2.05, 4.69) is 44.7 Å².